The SMILES string of the molecule is CCC[C@H]1C=C(N=NC2CCCCC2)CCC1. The summed E-state index contributed by atoms with van der Waals surface area (Å²) in [6, 6.07) is 0.524. The van der Waals surface area contributed by atoms with Crippen LogP contribution in [0.5, 0.6) is 0 Å². The van der Waals surface area contributed by atoms with Crippen LogP contribution >= 0.6 is 0 Å². The van der Waals surface area contributed by atoms with E-state index < -0.39 is 0 Å². The summed E-state index contributed by atoms with van der Waals surface area (Å²) in [6.07, 6.45) is 15.4. The molecule has 1 saturated carbocycles. The van der Waals surface area contributed by atoms with Crippen LogP contribution in [0.1, 0.15) is 71.1 Å². The third-order valence-corrected chi connectivity index (χ3v) is 4.02. The van der Waals surface area contributed by atoms with Crippen molar-refractivity contribution in [2.45, 2.75) is 77.2 Å². The van der Waals surface area contributed by atoms with Gasteiger partial charge < -0.3 is 0 Å². The van der Waals surface area contributed by atoms with Crippen LogP contribution in [0.15, 0.2) is 22.0 Å². The van der Waals surface area contributed by atoms with Crippen molar-refractivity contribution < 1.29 is 0 Å². The van der Waals surface area contributed by atoms with Gasteiger partial charge in [0.25, 0.3) is 0 Å². The summed E-state index contributed by atoms with van der Waals surface area (Å²) in [6.45, 7) is 2.27. The lowest BCUT2D eigenvalue weighted by atomic mass is 9.90. The van der Waals surface area contributed by atoms with E-state index in [1.165, 1.54) is 63.5 Å². The smallest absolute Gasteiger partial charge is 0.0712 e. The lowest BCUT2D eigenvalue weighted by molar-refractivity contribution is 0.427. The van der Waals surface area contributed by atoms with Crippen molar-refractivity contribution in [3.8, 4) is 0 Å². The molecule has 0 aromatic heterocycles. The molecule has 0 aliphatic heterocycles. The summed E-state index contributed by atoms with van der Waals surface area (Å²) in [5.41, 5.74) is 1.26. The van der Waals surface area contributed by atoms with E-state index in [-0.39, 0.29) is 0 Å². The Balaban J connectivity index is 1.85. The fourth-order valence-corrected chi connectivity index (χ4v) is 3.02. The average Bonchev–Trinajstić information content (AvgIpc) is 2.39. The maximum Gasteiger partial charge on any atom is 0.0712 e. The van der Waals surface area contributed by atoms with E-state index in [0.717, 1.165) is 12.3 Å². The second-order valence-corrected chi connectivity index (χ2v) is 5.61. The number of hydrogen-bond acceptors (Lipinski definition) is 2. The summed E-state index contributed by atoms with van der Waals surface area (Å²) in [5.74, 6) is 0.772. The number of azo groups is 1. The second kappa shape index (κ2) is 6.93. The summed E-state index contributed by atoms with van der Waals surface area (Å²) in [4.78, 5) is 0. The molecule has 0 N–H and O–H groups in total. The first-order valence-corrected chi connectivity index (χ1v) is 7.50. The van der Waals surface area contributed by atoms with Crippen LogP contribution in [-0.4, -0.2) is 6.04 Å². The minimum absolute atomic E-state index is 0.524. The number of allylic oxidation sites excluding steroid dienone is 2. The molecule has 0 unspecified atom stereocenters. The van der Waals surface area contributed by atoms with Crippen LogP contribution in [0.25, 0.3) is 0 Å². The zero-order chi connectivity index (χ0) is 11.9. The second-order valence-electron chi connectivity index (χ2n) is 5.61. The molecule has 2 rings (SSSR count). The van der Waals surface area contributed by atoms with Gasteiger partial charge >= 0.3 is 0 Å². The van der Waals surface area contributed by atoms with Gasteiger partial charge in [0.15, 0.2) is 0 Å². The summed E-state index contributed by atoms with van der Waals surface area (Å²) in [5, 5.41) is 9.08. The van der Waals surface area contributed by atoms with Gasteiger partial charge in [0.2, 0.25) is 0 Å². The molecule has 0 bridgehead atoms. The quantitative estimate of drug-likeness (QED) is 0.593. The molecule has 0 spiro atoms. The van der Waals surface area contributed by atoms with Crippen LogP contribution < -0.4 is 0 Å². The van der Waals surface area contributed by atoms with Crippen molar-refractivity contribution in [3.63, 3.8) is 0 Å². The van der Waals surface area contributed by atoms with Crippen molar-refractivity contribution in [1.29, 1.82) is 0 Å². The standard InChI is InChI=1S/C15H26N2/c1-2-7-13-8-6-11-15(12-13)17-16-14-9-4-3-5-10-14/h12-14H,2-11H2,1H3/t13-/m1/s1. The highest BCUT2D eigenvalue weighted by atomic mass is 15.1. The van der Waals surface area contributed by atoms with E-state index in [9.17, 15) is 0 Å². The molecule has 0 aromatic rings. The maximum absolute atomic E-state index is 4.56. The molecule has 0 aromatic carbocycles. The first kappa shape index (κ1) is 12.8. The fourth-order valence-electron chi connectivity index (χ4n) is 3.02. The number of hydrogen-bond donors (Lipinski definition) is 0. The molecule has 0 heterocycles. The van der Waals surface area contributed by atoms with Gasteiger partial charge in [-0.1, -0.05) is 38.7 Å². The summed E-state index contributed by atoms with van der Waals surface area (Å²) in [7, 11) is 0. The molecule has 2 heteroatoms. The first-order valence-electron chi connectivity index (χ1n) is 7.50. The van der Waals surface area contributed by atoms with Gasteiger partial charge in [0.05, 0.1) is 11.7 Å². The minimum Gasteiger partial charge on any atom is -0.186 e. The van der Waals surface area contributed by atoms with Gasteiger partial charge in [-0.3, -0.25) is 0 Å². The van der Waals surface area contributed by atoms with E-state index in [0.29, 0.717) is 6.04 Å². The van der Waals surface area contributed by atoms with Gasteiger partial charge in [0, 0.05) is 0 Å². The normalized spacial score (nSPS) is 27.4. The topological polar surface area (TPSA) is 24.7 Å². The molecule has 2 aliphatic rings. The fraction of sp³-hybridized carbons (Fsp3) is 0.867. The summed E-state index contributed by atoms with van der Waals surface area (Å²) >= 11 is 0. The highest BCUT2D eigenvalue weighted by Crippen LogP contribution is 2.28. The Morgan fingerprint density at radius 3 is 2.71 bits per heavy atom. The van der Waals surface area contributed by atoms with Gasteiger partial charge in [-0.05, 0) is 44.4 Å². The largest absolute Gasteiger partial charge is 0.186 e. The van der Waals surface area contributed by atoms with E-state index in [4.69, 9.17) is 0 Å². The monoisotopic (exact) mass is 234 g/mol. The lowest BCUT2D eigenvalue weighted by Crippen LogP contribution is -2.09. The predicted octanol–water partition coefficient (Wildman–Crippen LogP) is 5.26. The Morgan fingerprint density at radius 2 is 1.94 bits per heavy atom. The van der Waals surface area contributed by atoms with Crippen molar-refractivity contribution in [2.75, 3.05) is 0 Å². The highest BCUT2D eigenvalue weighted by molar-refractivity contribution is 5.05. The van der Waals surface area contributed by atoms with Crippen LogP contribution in [0.2, 0.25) is 0 Å². The van der Waals surface area contributed by atoms with Crippen molar-refractivity contribution in [2.24, 2.45) is 16.1 Å². The minimum atomic E-state index is 0.524. The highest BCUT2D eigenvalue weighted by Gasteiger charge is 2.14. The van der Waals surface area contributed by atoms with Gasteiger partial charge in [-0.2, -0.15) is 10.2 Å². The Morgan fingerprint density at radius 1 is 1.12 bits per heavy atom. The molecular formula is C15H26N2. The molecule has 0 saturated heterocycles. The maximum atomic E-state index is 4.56. The predicted molar refractivity (Wildman–Crippen MR) is 72.1 cm³/mol. The van der Waals surface area contributed by atoms with Crippen LogP contribution in [0.3, 0.4) is 0 Å². The molecule has 17 heavy (non-hydrogen) atoms. The molecular weight excluding hydrogens is 208 g/mol. The zero-order valence-corrected chi connectivity index (χ0v) is 11.2. The Kier molecular flexibility index (Phi) is 5.21. The lowest BCUT2D eigenvalue weighted by Gasteiger charge is -2.19. The van der Waals surface area contributed by atoms with Gasteiger partial charge in [-0.15, -0.1) is 0 Å². The number of rotatable bonds is 4. The Bertz CT molecular complexity index is 275. The third-order valence-electron chi connectivity index (χ3n) is 4.02. The van der Waals surface area contributed by atoms with E-state index in [1.807, 2.05) is 0 Å². The third kappa shape index (κ3) is 4.25. The molecule has 2 aliphatic carbocycles. The van der Waals surface area contributed by atoms with Crippen LogP contribution in [0.4, 0.5) is 0 Å². The molecule has 1 atom stereocenters. The van der Waals surface area contributed by atoms with Crippen molar-refractivity contribution >= 4 is 0 Å². The first-order chi connectivity index (χ1) is 8.38. The van der Waals surface area contributed by atoms with Crippen molar-refractivity contribution in [3.05, 3.63) is 11.8 Å². The van der Waals surface area contributed by atoms with E-state index >= 15 is 0 Å². The molecule has 2 nitrogen and oxygen atoms in total. The molecule has 96 valence electrons. The zero-order valence-electron chi connectivity index (χ0n) is 11.2. The number of nitrogens with zero attached hydrogens (tertiary/aromatic N) is 2. The molecule has 1 fully saturated rings. The Labute approximate surface area is 106 Å². The van der Waals surface area contributed by atoms with E-state index in [1.54, 1.807) is 0 Å². The summed E-state index contributed by atoms with van der Waals surface area (Å²) < 4.78 is 0. The van der Waals surface area contributed by atoms with Crippen molar-refractivity contribution in [1.82, 2.24) is 0 Å². The van der Waals surface area contributed by atoms with Gasteiger partial charge in [0.1, 0.15) is 0 Å². The molecule has 0 radical (unpaired) electrons. The van der Waals surface area contributed by atoms with Crippen LogP contribution in [0, 0.1) is 5.92 Å². The van der Waals surface area contributed by atoms with Gasteiger partial charge in [-0.25, -0.2) is 0 Å². The van der Waals surface area contributed by atoms with E-state index in [2.05, 4.69) is 23.2 Å². The van der Waals surface area contributed by atoms with Crippen LogP contribution in [-0.2, 0) is 0 Å². The Hall–Kier alpha value is -0.660. The molecule has 0 amide bonds. The average molecular weight is 234 g/mol.